The second-order valence-corrected chi connectivity index (χ2v) is 6.51. The molecule has 28 heavy (non-hydrogen) atoms. The monoisotopic (exact) mass is 417 g/mol. The Labute approximate surface area is 159 Å². The van der Waals surface area contributed by atoms with Crippen LogP contribution >= 0.6 is 12.6 Å². The number of fused-ring (bicyclic) bond motifs is 1. The zero-order valence-corrected chi connectivity index (χ0v) is 15.3. The van der Waals surface area contributed by atoms with Crippen LogP contribution in [0.4, 0.5) is 22.0 Å². The van der Waals surface area contributed by atoms with Gasteiger partial charge in [-0.2, -0.15) is 22.0 Å². The molecule has 5 nitrogen and oxygen atoms in total. The number of aromatic nitrogens is 3. The summed E-state index contributed by atoms with van der Waals surface area (Å²) in [7, 11) is 2.56. The van der Waals surface area contributed by atoms with Crippen molar-refractivity contribution >= 4 is 29.4 Å². The summed E-state index contributed by atoms with van der Waals surface area (Å²) >= 11 is 4.04. The van der Waals surface area contributed by atoms with Crippen LogP contribution in [0.15, 0.2) is 40.0 Å². The Balaban J connectivity index is 2.42. The van der Waals surface area contributed by atoms with Gasteiger partial charge >= 0.3 is 12.1 Å². The van der Waals surface area contributed by atoms with Gasteiger partial charge in [0, 0.05) is 24.6 Å². The number of nitrogens with zero attached hydrogens (tertiary/aromatic N) is 3. The van der Waals surface area contributed by atoms with Crippen molar-refractivity contribution in [1.29, 1.82) is 0 Å². The second kappa shape index (κ2) is 6.43. The molecular formula is C17H12F5N3O2S. The summed E-state index contributed by atoms with van der Waals surface area (Å²) in [6, 6.07) is 6.25. The van der Waals surface area contributed by atoms with Crippen LogP contribution in [-0.4, -0.2) is 26.3 Å². The van der Waals surface area contributed by atoms with Crippen molar-refractivity contribution in [1.82, 2.24) is 14.3 Å². The molecule has 0 aliphatic rings. The van der Waals surface area contributed by atoms with Gasteiger partial charge in [0.15, 0.2) is 11.4 Å². The van der Waals surface area contributed by atoms with Gasteiger partial charge in [-0.1, -0.05) is 12.1 Å². The first-order valence-electron chi connectivity index (χ1n) is 7.72. The first-order chi connectivity index (χ1) is 12.9. The number of halogens is 5. The second-order valence-electron chi connectivity index (χ2n) is 6.03. The average molecular weight is 417 g/mol. The van der Waals surface area contributed by atoms with Crippen LogP contribution in [-0.2, 0) is 20.0 Å². The maximum Gasteiger partial charge on any atom is 0.459 e. The fourth-order valence-corrected chi connectivity index (χ4v) is 2.98. The van der Waals surface area contributed by atoms with Crippen LogP contribution in [0.25, 0.3) is 11.0 Å². The van der Waals surface area contributed by atoms with Gasteiger partial charge in [-0.05, 0) is 18.2 Å². The third-order valence-corrected chi connectivity index (χ3v) is 4.72. The lowest BCUT2D eigenvalue weighted by Gasteiger charge is -2.21. The quantitative estimate of drug-likeness (QED) is 0.404. The molecule has 3 aromatic rings. The van der Waals surface area contributed by atoms with Crippen molar-refractivity contribution in [2.24, 2.45) is 14.1 Å². The van der Waals surface area contributed by atoms with Crippen molar-refractivity contribution in [3.05, 3.63) is 57.5 Å². The van der Waals surface area contributed by atoms with Gasteiger partial charge in [-0.3, -0.25) is 19.0 Å². The van der Waals surface area contributed by atoms with E-state index >= 15 is 0 Å². The van der Waals surface area contributed by atoms with E-state index in [2.05, 4.69) is 17.6 Å². The van der Waals surface area contributed by atoms with Crippen molar-refractivity contribution < 1.29 is 26.7 Å². The van der Waals surface area contributed by atoms with Crippen LogP contribution in [0.2, 0.25) is 0 Å². The maximum atomic E-state index is 14.2. The highest BCUT2D eigenvalue weighted by atomic mass is 32.1. The molecule has 0 unspecified atom stereocenters. The number of ketones is 1. The number of pyridine rings is 1. The first-order valence-corrected chi connectivity index (χ1v) is 8.17. The van der Waals surface area contributed by atoms with Gasteiger partial charge in [0.05, 0.1) is 10.9 Å². The summed E-state index contributed by atoms with van der Waals surface area (Å²) in [4.78, 5) is 28.5. The molecule has 2 aromatic heterocycles. The van der Waals surface area contributed by atoms with Gasteiger partial charge in [0.2, 0.25) is 0 Å². The number of rotatable bonds is 3. The average Bonchev–Trinajstić information content (AvgIpc) is 2.83. The van der Waals surface area contributed by atoms with E-state index in [0.717, 1.165) is 15.4 Å². The van der Waals surface area contributed by atoms with E-state index in [9.17, 15) is 31.5 Å². The zero-order valence-electron chi connectivity index (χ0n) is 14.4. The lowest BCUT2D eigenvalue weighted by molar-refractivity contribution is -0.290. The van der Waals surface area contributed by atoms with E-state index in [1.807, 2.05) is 0 Å². The van der Waals surface area contributed by atoms with E-state index in [1.165, 1.54) is 38.4 Å². The van der Waals surface area contributed by atoms with E-state index in [-0.39, 0.29) is 15.8 Å². The van der Waals surface area contributed by atoms with Crippen molar-refractivity contribution in [2.45, 2.75) is 17.0 Å². The number of carbonyl (C=O) groups is 1. The Bertz CT molecular complexity index is 1160. The molecule has 0 fully saturated rings. The van der Waals surface area contributed by atoms with Gasteiger partial charge in [0.25, 0.3) is 5.56 Å². The molecule has 0 N–H and O–H groups in total. The molecule has 0 bridgehead atoms. The predicted molar refractivity (Wildman–Crippen MR) is 93.0 cm³/mol. The Morgan fingerprint density at radius 2 is 1.64 bits per heavy atom. The largest absolute Gasteiger partial charge is 0.459 e. The molecule has 0 spiro atoms. The molecule has 0 radical (unpaired) electrons. The minimum atomic E-state index is -5.99. The molecule has 2 heterocycles. The van der Waals surface area contributed by atoms with E-state index < -0.39 is 40.3 Å². The topological polar surface area (TPSA) is 56.9 Å². The molecule has 11 heteroatoms. The molecule has 0 aliphatic carbocycles. The van der Waals surface area contributed by atoms with E-state index in [4.69, 9.17) is 0 Å². The molecule has 0 saturated carbocycles. The highest BCUT2D eigenvalue weighted by Gasteiger charge is 2.61. The standard InChI is InChI=1S/C17H12F5N3O2S/c1-24-14-10(15(27)25(24)2)7-9(12(26)8-5-3-4-6-11(8)28)13(23-14)16(18,19)17(20,21)22/h3-7,28H,1-2H3. The fourth-order valence-electron chi connectivity index (χ4n) is 2.72. The minimum absolute atomic E-state index is 0.0786. The van der Waals surface area contributed by atoms with Crippen LogP contribution < -0.4 is 5.56 Å². The van der Waals surface area contributed by atoms with Crippen LogP contribution in [0.1, 0.15) is 21.6 Å². The Kier molecular flexibility index (Phi) is 4.61. The normalized spacial score (nSPS) is 12.6. The van der Waals surface area contributed by atoms with Crippen LogP contribution in [0, 0.1) is 0 Å². The van der Waals surface area contributed by atoms with Crippen molar-refractivity contribution in [3.63, 3.8) is 0 Å². The third-order valence-electron chi connectivity index (χ3n) is 4.33. The summed E-state index contributed by atoms with van der Waals surface area (Å²) in [5, 5.41) is -0.258. The molecule has 0 aliphatic heterocycles. The van der Waals surface area contributed by atoms with Crippen LogP contribution in [0.5, 0.6) is 0 Å². The zero-order chi connectivity index (χ0) is 21.0. The van der Waals surface area contributed by atoms with Gasteiger partial charge < -0.3 is 0 Å². The number of hydrogen-bond acceptors (Lipinski definition) is 4. The third kappa shape index (κ3) is 2.89. The predicted octanol–water partition coefficient (Wildman–Crippen LogP) is 3.45. The maximum absolute atomic E-state index is 14.2. The summed E-state index contributed by atoms with van der Waals surface area (Å²) in [5.41, 5.74) is -4.07. The molecular weight excluding hydrogens is 405 g/mol. The number of carbonyl (C=O) groups excluding carboxylic acids is 1. The summed E-state index contributed by atoms with van der Waals surface area (Å²) in [6.45, 7) is 0. The molecule has 1 aromatic carbocycles. The molecule has 0 atom stereocenters. The van der Waals surface area contributed by atoms with Crippen molar-refractivity contribution in [2.75, 3.05) is 0 Å². The highest BCUT2D eigenvalue weighted by molar-refractivity contribution is 7.80. The Morgan fingerprint density at radius 3 is 2.21 bits per heavy atom. The Morgan fingerprint density at radius 1 is 1.04 bits per heavy atom. The number of benzene rings is 1. The fraction of sp³-hybridized carbons (Fsp3) is 0.235. The van der Waals surface area contributed by atoms with Crippen molar-refractivity contribution in [3.8, 4) is 0 Å². The first kappa shape index (κ1) is 20.1. The summed E-state index contributed by atoms with van der Waals surface area (Å²) in [6.07, 6.45) is -5.99. The molecule has 0 saturated heterocycles. The van der Waals surface area contributed by atoms with Gasteiger partial charge in [0.1, 0.15) is 5.69 Å². The lowest BCUT2D eigenvalue weighted by atomic mass is 9.97. The number of aryl methyl sites for hydroxylation is 1. The molecule has 0 amide bonds. The molecule has 3 rings (SSSR count). The SMILES string of the molecule is Cn1c(=O)c2cc(C(=O)c3ccccc3S)c(C(F)(F)C(F)(F)F)nc2n1C. The number of thiol groups is 1. The Hall–Kier alpha value is -2.69. The smallest absolute Gasteiger partial charge is 0.288 e. The minimum Gasteiger partial charge on any atom is -0.288 e. The van der Waals surface area contributed by atoms with E-state index in [0.29, 0.717) is 0 Å². The van der Waals surface area contributed by atoms with Gasteiger partial charge in [-0.15, -0.1) is 12.6 Å². The summed E-state index contributed by atoms with van der Waals surface area (Å²) in [5.74, 6) is -6.56. The van der Waals surface area contributed by atoms with Crippen LogP contribution in [0.3, 0.4) is 0 Å². The molecule has 148 valence electrons. The summed E-state index contributed by atoms with van der Waals surface area (Å²) < 4.78 is 69.5. The highest BCUT2D eigenvalue weighted by Crippen LogP contribution is 2.45. The van der Waals surface area contributed by atoms with E-state index in [1.54, 1.807) is 0 Å². The lowest BCUT2D eigenvalue weighted by Crippen LogP contribution is -2.36. The van der Waals surface area contributed by atoms with Gasteiger partial charge in [-0.25, -0.2) is 4.98 Å². The number of alkyl halides is 5. The number of hydrogen-bond donors (Lipinski definition) is 1.